The molecule has 0 saturated carbocycles. The van der Waals surface area contributed by atoms with Gasteiger partial charge in [-0.25, -0.2) is 0 Å². The van der Waals surface area contributed by atoms with Crippen LogP contribution >= 0.6 is 15.9 Å². The van der Waals surface area contributed by atoms with Crippen molar-refractivity contribution in [1.82, 2.24) is 4.90 Å². The molecule has 1 amide bonds. The minimum atomic E-state index is -0.817. The van der Waals surface area contributed by atoms with Crippen molar-refractivity contribution in [1.29, 1.82) is 0 Å². The van der Waals surface area contributed by atoms with Crippen LogP contribution in [0.3, 0.4) is 0 Å². The zero-order valence-electron chi connectivity index (χ0n) is 11.5. The molecular weight excluding hydrogens is 324 g/mol. The molecule has 1 aromatic carbocycles. The Labute approximate surface area is 126 Å². The zero-order chi connectivity index (χ0) is 14.9. The van der Waals surface area contributed by atoms with Gasteiger partial charge in [0, 0.05) is 30.8 Å². The highest BCUT2D eigenvalue weighted by molar-refractivity contribution is 9.10. The van der Waals surface area contributed by atoms with Gasteiger partial charge in [-0.05, 0) is 30.2 Å². The van der Waals surface area contributed by atoms with E-state index in [0.29, 0.717) is 13.0 Å². The number of anilines is 1. The number of carbonyl (C=O) groups excluding carboxylic acids is 1. The van der Waals surface area contributed by atoms with Crippen molar-refractivity contribution in [3.05, 3.63) is 28.2 Å². The Balaban J connectivity index is 2.34. The summed E-state index contributed by atoms with van der Waals surface area (Å²) in [5.74, 6) is -1.32. The van der Waals surface area contributed by atoms with E-state index in [1.165, 1.54) is 0 Å². The van der Waals surface area contributed by atoms with Crippen LogP contribution in [0, 0.1) is 0 Å². The highest BCUT2D eigenvalue weighted by atomic mass is 79.9. The van der Waals surface area contributed by atoms with Crippen LogP contribution in [0.1, 0.15) is 17.9 Å². The largest absolute Gasteiger partial charge is 0.481 e. The Morgan fingerprint density at radius 3 is 2.75 bits per heavy atom. The lowest BCUT2D eigenvalue weighted by molar-refractivity contribution is -0.139. The number of likely N-dealkylation sites (N-methyl/N-ethyl adjacent to an activating group) is 1. The lowest BCUT2D eigenvalue weighted by Gasteiger charge is -2.34. The molecule has 0 bridgehead atoms. The predicted octanol–water partition coefficient (Wildman–Crippen LogP) is 1.92. The van der Waals surface area contributed by atoms with E-state index < -0.39 is 11.9 Å². The van der Waals surface area contributed by atoms with Gasteiger partial charge < -0.3 is 14.9 Å². The minimum Gasteiger partial charge on any atom is -0.481 e. The van der Waals surface area contributed by atoms with Crippen molar-refractivity contribution >= 4 is 33.5 Å². The third-order valence-electron chi connectivity index (χ3n) is 3.52. The van der Waals surface area contributed by atoms with Gasteiger partial charge in [-0.2, -0.15) is 0 Å². The molecule has 1 aliphatic rings. The van der Waals surface area contributed by atoms with Crippen LogP contribution in [0.4, 0.5) is 5.69 Å². The molecule has 1 unspecified atom stereocenters. The first-order chi connectivity index (χ1) is 9.40. The molecule has 0 fully saturated rings. The van der Waals surface area contributed by atoms with Crippen LogP contribution in [-0.4, -0.2) is 49.1 Å². The van der Waals surface area contributed by atoms with Crippen LogP contribution in [0.25, 0.3) is 0 Å². The fourth-order valence-corrected chi connectivity index (χ4v) is 2.76. The summed E-state index contributed by atoms with van der Waals surface area (Å²) in [6.07, 6.45) is 0.513. The van der Waals surface area contributed by atoms with Gasteiger partial charge in [0.05, 0.1) is 12.5 Å². The first kappa shape index (κ1) is 14.8. The standard InChI is InChI=1S/C14H17BrN2O3/c1-16(2)13(18)8-17-6-5-10(14(19)20)11-7-9(15)3-4-12(11)17/h3-4,7,10H,5-6,8H2,1-2H3,(H,19,20). The van der Waals surface area contributed by atoms with Gasteiger partial charge in [-0.3, -0.25) is 9.59 Å². The molecule has 0 saturated heterocycles. The molecule has 1 atom stereocenters. The Hall–Kier alpha value is -1.56. The number of carboxylic acid groups (broad SMARTS) is 1. The van der Waals surface area contributed by atoms with Crippen LogP contribution < -0.4 is 4.90 Å². The van der Waals surface area contributed by atoms with Gasteiger partial charge in [0.25, 0.3) is 0 Å². The van der Waals surface area contributed by atoms with E-state index in [2.05, 4.69) is 15.9 Å². The molecule has 1 N–H and O–H groups in total. The minimum absolute atomic E-state index is 0.00708. The number of benzene rings is 1. The van der Waals surface area contributed by atoms with Gasteiger partial charge in [-0.15, -0.1) is 0 Å². The van der Waals surface area contributed by atoms with Crippen molar-refractivity contribution in [3.8, 4) is 0 Å². The molecule has 2 rings (SSSR count). The first-order valence-corrected chi connectivity index (χ1v) is 7.17. The smallest absolute Gasteiger partial charge is 0.311 e. The van der Waals surface area contributed by atoms with Crippen LogP contribution in [0.15, 0.2) is 22.7 Å². The first-order valence-electron chi connectivity index (χ1n) is 6.37. The molecular formula is C14H17BrN2O3. The summed E-state index contributed by atoms with van der Waals surface area (Å²) in [5, 5.41) is 9.32. The Kier molecular flexibility index (Phi) is 4.32. The van der Waals surface area contributed by atoms with E-state index in [4.69, 9.17) is 0 Å². The summed E-state index contributed by atoms with van der Waals surface area (Å²) in [6.45, 7) is 0.846. The third kappa shape index (κ3) is 2.95. The molecule has 0 aliphatic carbocycles. The molecule has 108 valence electrons. The summed E-state index contributed by atoms with van der Waals surface area (Å²) in [7, 11) is 3.43. The highest BCUT2D eigenvalue weighted by Crippen LogP contribution is 2.37. The molecule has 0 aromatic heterocycles. The number of nitrogens with zero attached hydrogens (tertiary/aromatic N) is 2. The van der Waals surface area contributed by atoms with Crippen LogP contribution in [0.5, 0.6) is 0 Å². The van der Waals surface area contributed by atoms with Crippen molar-refractivity contribution < 1.29 is 14.7 Å². The fourth-order valence-electron chi connectivity index (χ4n) is 2.38. The molecule has 20 heavy (non-hydrogen) atoms. The normalized spacial score (nSPS) is 17.6. The summed E-state index contributed by atoms with van der Waals surface area (Å²) < 4.78 is 0.850. The molecule has 5 nitrogen and oxygen atoms in total. The topological polar surface area (TPSA) is 60.9 Å². The number of amides is 1. The Bertz CT molecular complexity index is 545. The number of aliphatic carboxylic acids is 1. The number of hydrogen-bond acceptors (Lipinski definition) is 3. The summed E-state index contributed by atoms with van der Waals surface area (Å²) >= 11 is 3.37. The van der Waals surface area contributed by atoms with Crippen molar-refractivity contribution in [2.75, 3.05) is 32.1 Å². The number of carboxylic acids is 1. The summed E-state index contributed by atoms with van der Waals surface area (Å²) in [6, 6.07) is 5.58. The van der Waals surface area contributed by atoms with Crippen LogP contribution in [0.2, 0.25) is 0 Å². The average molecular weight is 341 g/mol. The van der Waals surface area contributed by atoms with E-state index in [9.17, 15) is 14.7 Å². The van der Waals surface area contributed by atoms with E-state index in [1.54, 1.807) is 19.0 Å². The summed E-state index contributed by atoms with van der Waals surface area (Å²) in [4.78, 5) is 26.7. The number of carbonyl (C=O) groups is 2. The van der Waals surface area contributed by atoms with E-state index in [0.717, 1.165) is 15.7 Å². The second kappa shape index (κ2) is 5.83. The van der Waals surface area contributed by atoms with Crippen molar-refractivity contribution in [2.45, 2.75) is 12.3 Å². The second-order valence-corrected chi connectivity index (χ2v) is 6.01. The van der Waals surface area contributed by atoms with Gasteiger partial charge in [0.15, 0.2) is 0 Å². The summed E-state index contributed by atoms with van der Waals surface area (Å²) in [5.41, 5.74) is 1.60. The second-order valence-electron chi connectivity index (χ2n) is 5.09. The van der Waals surface area contributed by atoms with Gasteiger partial charge in [-0.1, -0.05) is 15.9 Å². The highest BCUT2D eigenvalue weighted by Gasteiger charge is 2.31. The van der Waals surface area contributed by atoms with Gasteiger partial charge in [0.2, 0.25) is 5.91 Å². The SMILES string of the molecule is CN(C)C(=O)CN1CCC(C(=O)O)c2cc(Br)ccc21. The zero-order valence-corrected chi connectivity index (χ0v) is 13.1. The number of rotatable bonds is 3. The van der Waals surface area contributed by atoms with E-state index in [-0.39, 0.29) is 12.5 Å². The lowest BCUT2D eigenvalue weighted by atomic mass is 9.90. The average Bonchev–Trinajstić information content (AvgIpc) is 2.37. The van der Waals surface area contributed by atoms with E-state index in [1.807, 2.05) is 23.1 Å². The number of fused-ring (bicyclic) bond motifs is 1. The van der Waals surface area contributed by atoms with Crippen LogP contribution in [-0.2, 0) is 9.59 Å². The van der Waals surface area contributed by atoms with Crippen molar-refractivity contribution in [2.24, 2.45) is 0 Å². The monoisotopic (exact) mass is 340 g/mol. The maximum Gasteiger partial charge on any atom is 0.311 e. The van der Waals surface area contributed by atoms with Gasteiger partial charge >= 0.3 is 5.97 Å². The maximum atomic E-state index is 11.9. The van der Waals surface area contributed by atoms with Crippen molar-refractivity contribution in [3.63, 3.8) is 0 Å². The molecule has 1 aromatic rings. The number of halogens is 1. The molecule has 6 heteroatoms. The third-order valence-corrected chi connectivity index (χ3v) is 4.01. The Morgan fingerprint density at radius 1 is 1.45 bits per heavy atom. The molecule has 1 heterocycles. The maximum absolute atomic E-state index is 11.9. The van der Waals surface area contributed by atoms with E-state index >= 15 is 0 Å². The molecule has 1 aliphatic heterocycles. The molecule has 0 spiro atoms. The lowest BCUT2D eigenvalue weighted by Crippen LogP contribution is -2.40. The quantitative estimate of drug-likeness (QED) is 0.913. The Morgan fingerprint density at radius 2 is 2.15 bits per heavy atom. The molecule has 0 radical (unpaired) electrons. The fraction of sp³-hybridized carbons (Fsp3) is 0.429. The predicted molar refractivity (Wildman–Crippen MR) is 80.0 cm³/mol. The van der Waals surface area contributed by atoms with Gasteiger partial charge in [0.1, 0.15) is 0 Å². The number of hydrogen-bond donors (Lipinski definition) is 1.